The number of likely N-dealkylation sites (tertiary alicyclic amines) is 2. The smallest absolute Gasteiger partial charge is 0.282 e. The summed E-state index contributed by atoms with van der Waals surface area (Å²) in [6.07, 6.45) is 13.2. The Labute approximate surface area is 261 Å². The van der Waals surface area contributed by atoms with Gasteiger partial charge in [0.1, 0.15) is 0 Å². The van der Waals surface area contributed by atoms with Crippen LogP contribution in [0.2, 0.25) is 0 Å². The highest BCUT2D eigenvalue weighted by molar-refractivity contribution is 5.95. The second kappa shape index (κ2) is 17.0. The van der Waals surface area contributed by atoms with Crippen molar-refractivity contribution in [2.75, 3.05) is 44.6 Å². The number of para-hydroxylation sites is 1. The van der Waals surface area contributed by atoms with E-state index in [0.717, 1.165) is 112 Å². The van der Waals surface area contributed by atoms with Crippen LogP contribution in [0.3, 0.4) is 0 Å². The zero-order valence-corrected chi connectivity index (χ0v) is 27.2. The molecule has 2 aliphatic rings. The third-order valence-corrected chi connectivity index (χ3v) is 10.0. The van der Waals surface area contributed by atoms with E-state index < -0.39 is 0 Å². The van der Waals surface area contributed by atoms with Gasteiger partial charge in [0.2, 0.25) is 5.91 Å². The molecular weight excluding hydrogens is 532 g/mol. The van der Waals surface area contributed by atoms with E-state index >= 15 is 0 Å². The molecule has 2 N–H and O–H groups in total. The number of aryl methyl sites for hydroxylation is 2. The van der Waals surface area contributed by atoms with Crippen molar-refractivity contribution in [2.45, 2.75) is 110 Å². The molecule has 3 atom stereocenters. The van der Waals surface area contributed by atoms with Crippen LogP contribution in [0.1, 0.15) is 94.2 Å². The minimum Gasteiger partial charge on any atom is -0.354 e. The monoisotopic (exact) mass is 589 g/mol. The number of nitrogens with zero attached hydrogens (tertiary/aromatic N) is 2. The molecule has 6 nitrogen and oxygen atoms in total. The SMILES string of the molecule is CCCC[N+]1(CCCCCN2CCCCC2C(=O)NCCc2ccccc2)CCCCC1C(=O)Nc1c(C)cccc1C. The zero-order chi connectivity index (χ0) is 30.5. The second-order valence-electron chi connectivity index (χ2n) is 13.1. The first kappa shape index (κ1) is 33.2. The highest BCUT2D eigenvalue weighted by Crippen LogP contribution is 2.30. The minimum absolute atomic E-state index is 0.00696. The molecule has 3 unspecified atom stereocenters. The summed E-state index contributed by atoms with van der Waals surface area (Å²) in [4.78, 5) is 29.4. The van der Waals surface area contributed by atoms with Gasteiger partial charge >= 0.3 is 0 Å². The first-order valence-electron chi connectivity index (χ1n) is 17.2. The lowest BCUT2D eigenvalue weighted by Gasteiger charge is -2.47. The summed E-state index contributed by atoms with van der Waals surface area (Å²) in [5.41, 5.74) is 4.53. The first-order chi connectivity index (χ1) is 20.9. The zero-order valence-electron chi connectivity index (χ0n) is 27.2. The summed E-state index contributed by atoms with van der Waals surface area (Å²) in [5, 5.41) is 6.58. The summed E-state index contributed by atoms with van der Waals surface area (Å²) in [6, 6.07) is 16.7. The van der Waals surface area contributed by atoms with E-state index in [1.807, 2.05) is 6.07 Å². The Balaban J connectivity index is 1.29. The molecule has 0 spiro atoms. The molecule has 2 heterocycles. The van der Waals surface area contributed by atoms with Crippen molar-refractivity contribution in [1.29, 1.82) is 0 Å². The largest absolute Gasteiger partial charge is 0.354 e. The van der Waals surface area contributed by atoms with Crippen molar-refractivity contribution in [3.05, 3.63) is 65.2 Å². The maximum absolute atomic E-state index is 13.8. The van der Waals surface area contributed by atoms with Gasteiger partial charge in [0.05, 0.1) is 25.7 Å². The molecule has 0 aliphatic carbocycles. The lowest BCUT2D eigenvalue weighted by molar-refractivity contribution is -0.947. The fourth-order valence-electron chi connectivity index (χ4n) is 7.48. The number of anilines is 1. The van der Waals surface area contributed by atoms with Gasteiger partial charge in [-0.15, -0.1) is 0 Å². The predicted molar refractivity (Wildman–Crippen MR) is 178 cm³/mol. The van der Waals surface area contributed by atoms with Crippen molar-refractivity contribution in [3.8, 4) is 0 Å². The Kier molecular flexibility index (Phi) is 13.1. The third-order valence-electron chi connectivity index (χ3n) is 10.0. The Bertz CT molecular complexity index is 1130. The topological polar surface area (TPSA) is 61.4 Å². The van der Waals surface area contributed by atoms with Gasteiger partial charge in [-0.2, -0.15) is 0 Å². The molecule has 43 heavy (non-hydrogen) atoms. The number of unbranched alkanes of at least 4 members (excludes halogenated alkanes) is 3. The van der Waals surface area contributed by atoms with Crippen molar-refractivity contribution in [1.82, 2.24) is 10.2 Å². The van der Waals surface area contributed by atoms with Crippen LogP contribution in [0.15, 0.2) is 48.5 Å². The van der Waals surface area contributed by atoms with Crippen molar-refractivity contribution >= 4 is 17.5 Å². The van der Waals surface area contributed by atoms with E-state index in [2.05, 4.69) is 78.8 Å². The predicted octanol–water partition coefficient (Wildman–Crippen LogP) is 6.80. The van der Waals surface area contributed by atoms with Gasteiger partial charge < -0.3 is 15.1 Å². The van der Waals surface area contributed by atoms with Crippen LogP contribution in [0, 0.1) is 13.8 Å². The molecule has 2 amide bonds. The number of nitrogens with one attached hydrogen (secondary N) is 2. The number of hydrogen-bond acceptors (Lipinski definition) is 3. The van der Waals surface area contributed by atoms with Crippen LogP contribution in [-0.4, -0.2) is 72.5 Å². The molecule has 2 aromatic carbocycles. The van der Waals surface area contributed by atoms with Crippen LogP contribution in [0.4, 0.5) is 5.69 Å². The van der Waals surface area contributed by atoms with Gasteiger partial charge in [-0.1, -0.05) is 68.3 Å². The van der Waals surface area contributed by atoms with E-state index in [4.69, 9.17) is 0 Å². The van der Waals surface area contributed by atoms with Crippen molar-refractivity contribution in [2.24, 2.45) is 0 Å². The van der Waals surface area contributed by atoms with Gasteiger partial charge in [-0.25, -0.2) is 0 Å². The molecule has 0 saturated carbocycles. The summed E-state index contributed by atoms with van der Waals surface area (Å²) >= 11 is 0. The fourth-order valence-corrected chi connectivity index (χ4v) is 7.48. The molecule has 0 radical (unpaired) electrons. The average Bonchev–Trinajstić information content (AvgIpc) is 3.02. The highest BCUT2D eigenvalue weighted by atomic mass is 16.2. The Morgan fingerprint density at radius 3 is 2.35 bits per heavy atom. The molecule has 4 rings (SSSR count). The maximum atomic E-state index is 13.8. The Hall–Kier alpha value is -2.70. The van der Waals surface area contributed by atoms with Crippen molar-refractivity contribution < 1.29 is 14.1 Å². The number of quaternary nitrogens is 1. The molecule has 2 aromatic rings. The van der Waals surface area contributed by atoms with E-state index in [9.17, 15) is 9.59 Å². The Morgan fingerprint density at radius 1 is 0.837 bits per heavy atom. The second-order valence-corrected chi connectivity index (χ2v) is 13.1. The van der Waals surface area contributed by atoms with Crippen LogP contribution in [-0.2, 0) is 16.0 Å². The van der Waals surface area contributed by atoms with Crippen molar-refractivity contribution in [3.63, 3.8) is 0 Å². The van der Waals surface area contributed by atoms with Crippen LogP contribution >= 0.6 is 0 Å². The summed E-state index contributed by atoms with van der Waals surface area (Å²) < 4.78 is 0.945. The summed E-state index contributed by atoms with van der Waals surface area (Å²) in [6.45, 7) is 12.4. The van der Waals surface area contributed by atoms with Gasteiger partial charge in [0.15, 0.2) is 6.04 Å². The lowest BCUT2D eigenvalue weighted by Crippen LogP contribution is -2.63. The molecule has 2 aliphatic heterocycles. The molecular formula is C37H57N4O2+. The highest BCUT2D eigenvalue weighted by Gasteiger charge is 2.43. The minimum atomic E-state index is 0.00696. The van der Waals surface area contributed by atoms with Crippen LogP contribution in [0.5, 0.6) is 0 Å². The standard InChI is InChI=1S/C37H56N4O2/c1-4-5-27-41(29-15-11-22-34(41)37(43)39-35-30(2)17-16-18-31(35)3)28-14-7-12-25-40-26-13-10-21-33(40)36(42)38-24-23-32-19-8-6-9-20-32/h6,8-9,16-20,33-34H,4-5,7,10-15,21-29H2,1-3H3,(H-,38,39,42,43)/p+1. The van der Waals surface area contributed by atoms with E-state index in [1.165, 1.54) is 24.8 Å². The molecule has 2 fully saturated rings. The van der Waals surface area contributed by atoms with E-state index in [0.29, 0.717) is 6.54 Å². The lowest BCUT2D eigenvalue weighted by atomic mass is 9.95. The number of piperidine rings is 2. The molecule has 2 saturated heterocycles. The third kappa shape index (κ3) is 9.39. The number of carbonyl (C=O) groups is 2. The Morgan fingerprint density at radius 2 is 1.58 bits per heavy atom. The number of amides is 2. The number of hydrogen-bond donors (Lipinski definition) is 2. The summed E-state index contributed by atoms with van der Waals surface area (Å²) in [7, 11) is 0. The average molecular weight is 590 g/mol. The molecule has 0 aromatic heterocycles. The molecule has 0 bridgehead atoms. The number of carbonyl (C=O) groups excluding carboxylic acids is 2. The first-order valence-corrected chi connectivity index (χ1v) is 17.2. The van der Waals surface area contributed by atoms with E-state index in [-0.39, 0.29) is 23.9 Å². The van der Waals surface area contributed by atoms with E-state index in [1.54, 1.807) is 0 Å². The summed E-state index contributed by atoms with van der Waals surface area (Å²) in [5.74, 6) is 0.411. The van der Waals surface area contributed by atoms with Gasteiger partial charge in [0.25, 0.3) is 5.91 Å². The quantitative estimate of drug-likeness (QED) is 0.178. The van der Waals surface area contributed by atoms with Crippen LogP contribution in [0.25, 0.3) is 0 Å². The maximum Gasteiger partial charge on any atom is 0.282 e. The van der Waals surface area contributed by atoms with Gasteiger partial charge in [-0.3, -0.25) is 14.5 Å². The van der Waals surface area contributed by atoms with Crippen LogP contribution < -0.4 is 10.6 Å². The fraction of sp³-hybridized carbons (Fsp3) is 0.622. The normalized spacial score (nSPS) is 22.7. The van der Waals surface area contributed by atoms with Gasteiger partial charge in [-0.05, 0) is 101 Å². The number of rotatable bonds is 15. The molecule has 236 valence electrons. The molecule has 6 heteroatoms. The van der Waals surface area contributed by atoms with Gasteiger partial charge in [0, 0.05) is 18.7 Å². The number of benzene rings is 2.